The number of nitrogens with two attached hydrogens (primary N) is 1. The fourth-order valence-electron chi connectivity index (χ4n) is 3.92. The lowest BCUT2D eigenvalue weighted by Crippen LogP contribution is -2.15. The second-order valence-electron chi connectivity index (χ2n) is 7.14. The summed E-state index contributed by atoms with van der Waals surface area (Å²) in [6.07, 6.45) is 1.56. The number of hydrogen-bond donors (Lipinski definition) is 1. The molecule has 0 saturated carbocycles. The Labute approximate surface area is 167 Å². The van der Waals surface area contributed by atoms with Crippen LogP contribution in [0.1, 0.15) is 35.7 Å². The monoisotopic (exact) mass is 398 g/mol. The van der Waals surface area contributed by atoms with Crippen LogP contribution >= 0.6 is 0 Å². The average Bonchev–Trinajstić information content (AvgIpc) is 3.05. The van der Waals surface area contributed by atoms with Crippen LogP contribution in [0.4, 0.5) is 10.2 Å². The van der Waals surface area contributed by atoms with Gasteiger partial charge in [0.15, 0.2) is 17.2 Å². The second-order valence-corrected chi connectivity index (χ2v) is 7.14. The van der Waals surface area contributed by atoms with Crippen molar-refractivity contribution in [2.24, 2.45) is 0 Å². The van der Waals surface area contributed by atoms with Crippen LogP contribution in [0.5, 0.6) is 5.75 Å². The molecule has 2 N–H and O–H groups in total. The molecule has 29 heavy (non-hydrogen) atoms. The van der Waals surface area contributed by atoms with Crippen molar-refractivity contribution in [1.29, 1.82) is 0 Å². The summed E-state index contributed by atoms with van der Waals surface area (Å²) < 4.78 is 27.2. The van der Waals surface area contributed by atoms with Gasteiger partial charge in [-0.05, 0) is 45.2 Å². The van der Waals surface area contributed by atoms with Gasteiger partial charge in [0.2, 0.25) is 0 Å². The van der Waals surface area contributed by atoms with Crippen molar-refractivity contribution >= 4 is 17.4 Å². The van der Waals surface area contributed by atoms with Crippen molar-refractivity contribution in [2.45, 2.75) is 40.0 Å². The predicted octanol–water partition coefficient (Wildman–Crippen LogP) is 3.17. The normalized spacial score (nSPS) is 13.2. The van der Waals surface area contributed by atoms with Crippen LogP contribution in [0, 0.1) is 19.7 Å². The van der Waals surface area contributed by atoms with Crippen molar-refractivity contribution in [3.05, 3.63) is 40.3 Å². The molecule has 1 aliphatic rings. The van der Waals surface area contributed by atoms with Crippen LogP contribution < -0.4 is 10.5 Å². The molecule has 0 fully saturated rings. The third-order valence-electron chi connectivity index (χ3n) is 5.24. The predicted molar refractivity (Wildman–Crippen MR) is 106 cm³/mol. The summed E-state index contributed by atoms with van der Waals surface area (Å²) in [7, 11) is 0. The first-order valence-corrected chi connectivity index (χ1v) is 9.66. The number of halogens is 1. The summed E-state index contributed by atoms with van der Waals surface area (Å²) in [4.78, 5) is 16.8. The van der Waals surface area contributed by atoms with Crippen LogP contribution in [0.25, 0.3) is 16.9 Å². The average molecular weight is 398 g/mol. The Hall–Kier alpha value is -3.16. The number of nitrogen functional groups attached to an aromatic ring is 1. The zero-order valence-corrected chi connectivity index (χ0v) is 16.7. The van der Waals surface area contributed by atoms with E-state index in [0.29, 0.717) is 46.3 Å². The molecule has 0 bridgehead atoms. The lowest BCUT2D eigenvalue weighted by Gasteiger charge is -2.23. The molecule has 8 heteroatoms. The molecule has 0 aliphatic carbocycles. The summed E-state index contributed by atoms with van der Waals surface area (Å²) >= 11 is 0. The van der Waals surface area contributed by atoms with Gasteiger partial charge in [-0.25, -0.2) is 13.9 Å². The van der Waals surface area contributed by atoms with Crippen molar-refractivity contribution in [2.75, 3.05) is 18.9 Å². The minimum Gasteiger partial charge on any atom is -0.490 e. The maximum atomic E-state index is 14.9. The highest BCUT2D eigenvalue weighted by Crippen LogP contribution is 2.39. The van der Waals surface area contributed by atoms with E-state index >= 15 is 0 Å². The van der Waals surface area contributed by atoms with Gasteiger partial charge in [0.25, 0.3) is 0 Å². The maximum Gasteiger partial charge on any atom is 0.310 e. The van der Waals surface area contributed by atoms with E-state index in [1.807, 2.05) is 13.8 Å². The lowest BCUT2D eigenvalue weighted by molar-refractivity contribution is -0.142. The fourth-order valence-corrected chi connectivity index (χ4v) is 3.92. The number of esters is 1. The van der Waals surface area contributed by atoms with Crippen molar-refractivity contribution < 1.29 is 18.7 Å². The molecular formula is C21H23FN4O3. The highest BCUT2D eigenvalue weighted by Gasteiger charge is 2.26. The number of aryl methyl sites for hydroxylation is 1. The quantitative estimate of drug-likeness (QED) is 0.679. The molecule has 152 valence electrons. The van der Waals surface area contributed by atoms with Crippen molar-refractivity contribution in [1.82, 2.24) is 14.6 Å². The number of fused-ring (bicyclic) bond motifs is 2. The molecule has 1 aliphatic heterocycles. The summed E-state index contributed by atoms with van der Waals surface area (Å²) in [5, 5.41) is 4.35. The molecule has 0 spiro atoms. The fraction of sp³-hybridized carbons (Fsp3) is 0.381. The Bertz CT molecular complexity index is 1120. The molecule has 4 rings (SSSR count). The minimum absolute atomic E-state index is 0.00630. The highest BCUT2D eigenvalue weighted by atomic mass is 19.1. The molecule has 0 amide bonds. The van der Waals surface area contributed by atoms with Crippen LogP contribution in [0.2, 0.25) is 0 Å². The summed E-state index contributed by atoms with van der Waals surface area (Å²) in [6, 6.07) is 3.10. The van der Waals surface area contributed by atoms with Crippen molar-refractivity contribution in [3.8, 4) is 17.0 Å². The number of hydrogen-bond acceptors (Lipinski definition) is 6. The van der Waals surface area contributed by atoms with Crippen LogP contribution in [0.15, 0.2) is 12.1 Å². The molecule has 0 saturated heterocycles. The van der Waals surface area contributed by atoms with E-state index in [4.69, 9.17) is 15.2 Å². The van der Waals surface area contributed by atoms with Gasteiger partial charge >= 0.3 is 5.97 Å². The van der Waals surface area contributed by atoms with E-state index in [0.717, 1.165) is 24.0 Å². The standard InChI is InChI=1S/C21H23FN4O3/c1-4-28-19(27)9-15-12(3)24-18-10-17(23)25-26(18)20(15)14-8-16(22)21-13(11(14)2)6-5-7-29-21/h8,10H,4-7,9H2,1-3H3,(H2,23,25). The molecule has 2 aromatic heterocycles. The molecule has 3 heterocycles. The van der Waals surface area contributed by atoms with E-state index in [-0.39, 0.29) is 19.0 Å². The smallest absolute Gasteiger partial charge is 0.310 e. The minimum atomic E-state index is -0.426. The summed E-state index contributed by atoms with van der Waals surface area (Å²) in [5.74, 6) is -0.194. The van der Waals surface area contributed by atoms with Gasteiger partial charge in [0, 0.05) is 28.5 Å². The topological polar surface area (TPSA) is 91.7 Å². The van der Waals surface area contributed by atoms with Crippen LogP contribution in [0.3, 0.4) is 0 Å². The van der Waals surface area contributed by atoms with E-state index < -0.39 is 5.82 Å². The number of benzene rings is 1. The SMILES string of the molecule is CCOC(=O)Cc1c(C)nc2cc(N)nn2c1-c1cc(F)c2c(c1C)CCCO2. The zero-order chi connectivity index (χ0) is 20.7. The van der Waals surface area contributed by atoms with E-state index in [1.54, 1.807) is 17.5 Å². The van der Waals surface area contributed by atoms with Gasteiger partial charge < -0.3 is 15.2 Å². The van der Waals surface area contributed by atoms with E-state index in [9.17, 15) is 9.18 Å². The Morgan fingerprint density at radius 1 is 1.38 bits per heavy atom. The number of aromatic nitrogens is 3. The molecule has 7 nitrogen and oxygen atoms in total. The van der Waals surface area contributed by atoms with Gasteiger partial charge in [-0.3, -0.25) is 4.79 Å². The Kier molecular flexibility index (Phi) is 4.86. The number of rotatable bonds is 4. The Balaban J connectivity index is 2.02. The second kappa shape index (κ2) is 7.35. The van der Waals surface area contributed by atoms with Gasteiger partial charge in [0.05, 0.1) is 25.3 Å². The number of carbonyl (C=O) groups is 1. The highest BCUT2D eigenvalue weighted by molar-refractivity contribution is 5.80. The van der Waals surface area contributed by atoms with Crippen LogP contribution in [-0.2, 0) is 22.4 Å². The van der Waals surface area contributed by atoms with E-state index in [2.05, 4.69) is 10.1 Å². The van der Waals surface area contributed by atoms with Gasteiger partial charge in [0.1, 0.15) is 5.82 Å². The Morgan fingerprint density at radius 2 is 2.17 bits per heavy atom. The largest absolute Gasteiger partial charge is 0.490 e. The maximum absolute atomic E-state index is 14.9. The molecule has 3 aromatic rings. The van der Waals surface area contributed by atoms with E-state index in [1.165, 1.54) is 6.07 Å². The first-order valence-electron chi connectivity index (χ1n) is 9.66. The van der Waals surface area contributed by atoms with Crippen molar-refractivity contribution in [3.63, 3.8) is 0 Å². The first kappa shape index (κ1) is 19.2. The zero-order valence-electron chi connectivity index (χ0n) is 16.7. The summed E-state index contributed by atoms with van der Waals surface area (Å²) in [6.45, 7) is 6.29. The van der Waals surface area contributed by atoms with Gasteiger partial charge in [-0.2, -0.15) is 0 Å². The third kappa shape index (κ3) is 3.28. The first-order chi connectivity index (χ1) is 13.9. The van der Waals surface area contributed by atoms with Gasteiger partial charge in [-0.1, -0.05) is 0 Å². The molecule has 0 atom stereocenters. The number of anilines is 1. The third-order valence-corrected chi connectivity index (χ3v) is 5.24. The van der Waals surface area contributed by atoms with Gasteiger partial charge in [-0.15, -0.1) is 5.10 Å². The molecule has 1 aromatic carbocycles. The van der Waals surface area contributed by atoms with Crippen LogP contribution in [-0.4, -0.2) is 33.8 Å². The number of ether oxygens (including phenoxy) is 2. The molecule has 0 unspecified atom stereocenters. The number of nitrogens with zero attached hydrogens (tertiary/aromatic N) is 3. The Morgan fingerprint density at radius 3 is 2.93 bits per heavy atom. The summed E-state index contributed by atoms with van der Waals surface area (Å²) in [5.41, 5.74) is 10.7. The molecule has 0 radical (unpaired) electrons. The number of carbonyl (C=O) groups excluding carboxylic acids is 1. The molecular weight excluding hydrogens is 375 g/mol. The lowest BCUT2D eigenvalue weighted by atomic mass is 9.91.